The average molecular weight is 330 g/mol. The fourth-order valence-electron chi connectivity index (χ4n) is 1.81. The number of hydrogen-bond acceptors (Lipinski definition) is 6. The number of furan rings is 1. The Balaban J connectivity index is 2.35. The van der Waals surface area contributed by atoms with Crippen LogP contribution in [0.4, 0.5) is 5.13 Å². The first-order chi connectivity index (χ1) is 9.74. The van der Waals surface area contributed by atoms with Crippen molar-refractivity contribution < 1.29 is 22.7 Å². The van der Waals surface area contributed by atoms with Crippen molar-refractivity contribution >= 4 is 32.5 Å². The Labute approximate surface area is 125 Å². The SMILES string of the molecule is CCc1nc(NS(=O)(=O)c2cc(C(=O)O)oc2C)sc1C. The highest BCUT2D eigenvalue weighted by molar-refractivity contribution is 7.93. The Morgan fingerprint density at radius 3 is 2.62 bits per heavy atom. The third kappa shape index (κ3) is 3.08. The largest absolute Gasteiger partial charge is 0.475 e. The molecule has 2 aromatic rings. The first-order valence-electron chi connectivity index (χ1n) is 6.07. The van der Waals surface area contributed by atoms with E-state index in [1.807, 2.05) is 13.8 Å². The van der Waals surface area contributed by atoms with Gasteiger partial charge in [-0.15, -0.1) is 11.3 Å². The zero-order valence-corrected chi connectivity index (χ0v) is 13.3. The number of hydrogen-bond donors (Lipinski definition) is 2. The highest BCUT2D eigenvalue weighted by atomic mass is 32.2. The Bertz CT molecular complexity index is 789. The predicted octanol–water partition coefficient (Wildman–Crippen LogP) is 2.41. The third-order valence-electron chi connectivity index (χ3n) is 2.82. The van der Waals surface area contributed by atoms with E-state index in [9.17, 15) is 13.2 Å². The van der Waals surface area contributed by atoms with Crippen molar-refractivity contribution in [3.05, 3.63) is 28.2 Å². The Hall–Kier alpha value is -1.87. The summed E-state index contributed by atoms with van der Waals surface area (Å²) >= 11 is 1.23. The molecule has 0 saturated heterocycles. The van der Waals surface area contributed by atoms with Crippen molar-refractivity contribution in [3.8, 4) is 0 Å². The summed E-state index contributed by atoms with van der Waals surface area (Å²) in [6.07, 6.45) is 0.706. The maximum absolute atomic E-state index is 12.3. The van der Waals surface area contributed by atoms with Crippen LogP contribution in [-0.4, -0.2) is 24.5 Å². The number of rotatable bonds is 5. The molecule has 7 nitrogen and oxygen atoms in total. The second kappa shape index (κ2) is 5.49. The number of nitrogens with zero attached hydrogens (tertiary/aromatic N) is 1. The van der Waals surface area contributed by atoms with Gasteiger partial charge in [-0.1, -0.05) is 6.92 Å². The topological polar surface area (TPSA) is 110 Å². The molecule has 9 heteroatoms. The van der Waals surface area contributed by atoms with Gasteiger partial charge in [-0.25, -0.2) is 18.2 Å². The second-order valence-electron chi connectivity index (χ2n) is 4.32. The molecule has 0 aliphatic carbocycles. The van der Waals surface area contributed by atoms with E-state index < -0.39 is 21.8 Å². The van der Waals surface area contributed by atoms with Crippen LogP contribution in [0, 0.1) is 13.8 Å². The van der Waals surface area contributed by atoms with E-state index in [0.717, 1.165) is 16.6 Å². The molecule has 0 aliphatic rings. The number of carbonyl (C=O) groups is 1. The second-order valence-corrected chi connectivity index (χ2v) is 7.17. The molecule has 114 valence electrons. The molecule has 0 aliphatic heterocycles. The van der Waals surface area contributed by atoms with Gasteiger partial charge in [0.25, 0.3) is 10.0 Å². The lowest BCUT2D eigenvalue weighted by Gasteiger charge is -2.02. The predicted molar refractivity (Wildman–Crippen MR) is 77.4 cm³/mol. The van der Waals surface area contributed by atoms with Crippen LogP contribution >= 0.6 is 11.3 Å². The summed E-state index contributed by atoms with van der Waals surface area (Å²) in [5, 5.41) is 9.08. The van der Waals surface area contributed by atoms with Crippen LogP contribution < -0.4 is 4.72 Å². The van der Waals surface area contributed by atoms with Crippen molar-refractivity contribution in [1.29, 1.82) is 0 Å². The molecule has 0 fully saturated rings. The van der Waals surface area contributed by atoms with Crippen LogP contribution in [-0.2, 0) is 16.4 Å². The van der Waals surface area contributed by atoms with Crippen LogP contribution in [0.5, 0.6) is 0 Å². The summed E-state index contributed by atoms with van der Waals surface area (Å²) in [7, 11) is -3.93. The summed E-state index contributed by atoms with van der Waals surface area (Å²) in [6, 6.07) is 0.987. The molecule has 0 saturated carbocycles. The molecule has 0 aromatic carbocycles. The van der Waals surface area contributed by atoms with E-state index >= 15 is 0 Å². The fourth-order valence-corrected chi connectivity index (χ4v) is 4.12. The lowest BCUT2D eigenvalue weighted by Crippen LogP contribution is -2.13. The summed E-state index contributed by atoms with van der Waals surface area (Å²) in [6.45, 7) is 5.19. The Morgan fingerprint density at radius 1 is 1.48 bits per heavy atom. The number of carboxylic acid groups (broad SMARTS) is 1. The zero-order valence-electron chi connectivity index (χ0n) is 11.6. The van der Waals surface area contributed by atoms with Gasteiger partial charge in [0.05, 0.1) is 5.69 Å². The highest BCUT2D eigenvalue weighted by Crippen LogP contribution is 2.27. The van der Waals surface area contributed by atoms with Crippen molar-refractivity contribution in [1.82, 2.24) is 4.98 Å². The molecule has 0 atom stereocenters. The van der Waals surface area contributed by atoms with Crippen LogP contribution in [0.25, 0.3) is 0 Å². The standard InChI is InChI=1S/C12H14N2O5S2/c1-4-8-7(3)20-12(13-8)14-21(17,18)10-5-9(11(15)16)19-6(10)2/h5H,4H2,1-3H3,(H,13,14)(H,15,16). The van der Waals surface area contributed by atoms with E-state index in [1.54, 1.807) is 0 Å². The molecule has 2 rings (SSSR count). The number of aryl methyl sites for hydroxylation is 3. The number of aromatic nitrogens is 1. The van der Waals surface area contributed by atoms with Gasteiger partial charge in [0.1, 0.15) is 10.7 Å². The molecule has 2 N–H and O–H groups in total. The molecule has 2 heterocycles. The van der Waals surface area contributed by atoms with Crippen molar-refractivity contribution in [2.75, 3.05) is 4.72 Å². The summed E-state index contributed by atoms with van der Waals surface area (Å²) in [4.78, 5) is 15.7. The van der Waals surface area contributed by atoms with Crippen LogP contribution in [0.3, 0.4) is 0 Å². The molecule has 0 unspecified atom stereocenters. The lowest BCUT2D eigenvalue weighted by atomic mass is 10.3. The van der Waals surface area contributed by atoms with Gasteiger partial charge >= 0.3 is 5.97 Å². The lowest BCUT2D eigenvalue weighted by molar-refractivity contribution is 0.0661. The van der Waals surface area contributed by atoms with Crippen LogP contribution in [0.2, 0.25) is 0 Å². The van der Waals surface area contributed by atoms with Crippen LogP contribution in [0.1, 0.15) is 33.8 Å². The molecular weight excluding hydrogens is 316 g/mol. The van der Waals surface area contributed by atoms with E-state index in [0.29, 0.717) is 6.42 Å². The van der Waals surface area contributed by atoms with Gasteiger partial charge < -0.3 is 9.52 Å². The monoisotopic (exact) mass is 330 g/mol. The highest BCUT2D eigenvalue weighted by Gasteiger charge is 2.25. The molecule has 2 aromatic heterocycles. The van der Waals surface area contributed by atoms with Crippen molar-refractivity contribution in [2.45, 2.75) is 32.1 Å². The van der Waals surface area contributed by atoms with Gasteiger partial charge in [0.15, 0.2) is 5.13 Å². The maximum Gasteiger partial charge on any atom is 0.371 e. The number of nitrogens with one attached hydrogen (secondary N) is 1. The normalized spacial score (nSPS) is 11.6. The fraction of sp³-hybridized carbons (Fsp3) is 0.333. The summed E-state index contributed by atoms with van der Waals surface area (Å²) < 4.78 is 31.8. The van der Waals surface area contributed by atoms with Gasteiger partial charge in [-0.05, 0) is 20.3 Å². The van der Waals surface area contributed by atoms with Gasteiger partial charge in [-0.2, -0.15) is 0 Å². The third-order valence-corrected chi connectivity index (χ3v) is 5.33. The van der Waals surface area contributed by atoms with Crippen molar-refractivity contribution in [3.63, 3.8) is 0 Å². The molecule has 21 heavy (non-hydrogen) atoms. The number of aromatic carboxylic acids is 1. The van der Waals surface area contributed by atoms with E-state index in [1.165, 1.54) is 18.3 Å². The minimum absolute atomic E-state index is 0.0175. The molecule has 0 spiro atoms. The number of thiazole rings is 1. The first kappa shape index (κ1) is 15.5. The van der Waals surface area contributed by atoms with Gasteiger partial charge in [0, 0.05) is 10.9 Å². The Morgan fingerprint density at radius 2 is 2.14 bits per heavy atom. The van der Waals surface area contributed by atoms with E-state index in [2.05, 4.69) is 9.71 Å². The molecular formula is C12H14N2O5S2. The Kier molecular flexibility index (Phi) is 4.06. The summed E-state index contributed by atoms with van der Waals surface area (Å²) in [5.41, 5.74) is 0.827. The van der Waals surface area contributed by atoms with Crippen LogP contribution in [0.15, 0.2) is 15.4 Å². The minimum atomic E-state index is -3.93. The zero-order chi connectivity index (χ0) is 15.8. The number of anilines is 1. The van der Waals surface area contributed by atoms with Gasteiger partial charge in [0.2, 0.25) is 5.76 Å². The van der Waals surface area contributed by atoms with E-state index in [-0.39, 0.29) is 15.8 Å². The van der Waals surface area contributed by atoms with Crippen molar-refractivity contribution in [2.24, 2.45) is 0 Å². The molecule has 0 radical (unpaired) electrons. The smallest absolute Gasteiger partial charge is 0.371 e. The number of carboxylic acids is 1. The first-order valence-corrected chi connectivity index (χ1v) is 8.37. The quantitative estimate of drug-likeness (QED) is 0.871. The maximum atomic E-state index is 12.3. The van der Waals surface area contributed by atoms with Gasteiger partial charge in [-0.3, -0.25) is 4.72 Å². The number of sulfonamides is 1. The van der Waals surface area contributed by atoms with E-state index in [4.69, 9.17) is 9.52 Å². The summed E-state index contributed by atoms with van der Waals surface area (Å²) in [5.74, 6) is -1.72. The molecule has 0 amide bonds. The minimum Gasteiger partial charge on any atom is -0.475 e. The molecule has 0 bridgehead atoms. The average Bonchev–Trinajstić information content (AvgIpc) is 2.92.